The summed E-state index contributed by atoms with van der Waals surface area (Å²) >= 11 is 0. The molecule has 2 aromatic rings. The highest BCUT2D eigenvalue weighted by Crippen LogP contribution is 2.21. The van der Waals surface area contributed by atoms with Gasteiger partial charge in [-0.15, -0.1) is 0 Å². The summed E-state index contributed by atoms with van der Waals surface area (Å²) in [5, 5.41) is 3.36. The van der Waals surface area contributed by atoms with Gasteiger partial charge in [0.25, 0.3) is 0 Å². The molecular formula is C16H19FN4. The summed E-state index contributed by atoms with van der Waals surface area (Å²) in [6, 6.07) is 7.03. The van der Waals surface area contributed by atoms with Gasteiger partial charge in [-0.2, -0.15) is 0 Å². The number of rotatable bonds is 2. The lowest BCUT2D eigenvalue weighted by atomic mass is 10.1. The molecule has 21 heavy (non-hydrogen) atoms. The maximum atomic E-state index is 13.7. The maximum absolute atomic E-state index is 13.7. The van der Waals surface area contributed by atoms with Crippen molar-refractivity contribution in [3.63, 3.8) is 0 Å². The molecule has 1 aromatic heterocycles. The molecule has 1 fully saturated rings. The normalized spacial score (nSPS) is 15.8. The monoisotopic (exact) mass is 286 g/mol. The highest BCUT2D eigenvalue weighted by atomic mass is 19.1. The number of nitrogens with one attached hydrogen (secondary N) is 1. The number of halogens is 1. The first-order valence-corrected chi connectivity index (χ1v) is 7.29. The number of nitrogens with zero attached hydrogens (tertiary/aromatic N) is 3. The third-order valence-electron chi connectivity index (χ3n) is 3.73. The first kappa shape index (κ1) is 13.9. The Bertz CT molecular complexity index is 621. The summed E-state index contributed by atoms with van der Waals surface area (Å²) in [6.07, 6.45) is 2.82. The van der Waals surface area contributed by atoms with Crippen molar-refractivity contribution in [2.24, 2.45) is 0 Å². The largest absolute Gasteiger partial charge is 0.339 e. The third kappa shape index (κ3) is 3.19. The van der Waals surface area contributed by atoms with Gasteiger partial charge in [0.15, 0.2) is 0 Å². The second-order valence-corrected chi connectivity index (χ2v) is 5.30. The Morgan fingerprint density at radius 1 is 1.19 bits per heavy atom. The molecule has 0 atom stereocenters. The molecule has 5 heteroatoms. The van der Waals surface area contributed by atoms with Crippen molar-refractivity contribution in [3.8, 4) is 11.3 Å². The minimum atomic E-state index is -0.202. The van der Waals surface area contributed by atoms with Crippen molar-refractivity contribution in [2.45, 2.75) is 13.3 Å². The fourth-order valence-corrected chi connectivity index (χ4v) is 2.46. The number of hydrogen-bond acceptors (Lipinski definition) is 4. The molecule has 1 aliphatic heterocycles. The van der Waals surface area contributed by atoms with E-state index in [2.05, 4.69) is 20.2 Å². The molecule has 1 aromatic carbocycles. The van der Waals surface area contributed by atoms with Crippen LogP contribution in [0.5, 0.6) is 0 Å². The Morgan fingerprint density at radius 3 is 2.95 bits per heavy atom. The fourth-order valence-electron chi connectivity index (χ4n) is 2.46. The van der Waals surface area contributed by atoms with Crippen LogP contribution in [0.15, 0.2) is 30.5 Å². The van der Waals surface area contributed by atoms with Crippen LogP contribution in [0.25, 0.3) is 11.3 Å². The fraction of sp³-hybridized carbons (Fsp3) is 0.375. The number of anilines is 1. The van der Waals surface area contributed by atoms with E-state index in [9.17, 15) is 4.39 Å². The van der Waals surface area contributed by atoms with Crippen molar-refractivity contribution in [1.29, 1.82) is 0 Å². The van der Waals surface area contributed by atoms with Gasteiger partial charge in [0.2, 0.25) is 5.95 Å². The van der Waals surface area contributed by atoms with Crippen LogP contribution in [0.2, 0.25) is 0 Å². The van der Waals surface area contributed by atoms with Crippen molar-refractivity contribution < 1.29 is 4.39 Å². The summed E-state index contributed by atoms with van der Waals surface area (Å²) in [7, 11) is 0. The van der Waals surface area contributed by atoms with E-state index in [1.807, 2.05) is 12.1 Å². The van der Waals surface area contributed by atoms with Crippen LogP contribution >= 0.6 is 0 Å². The molecule has 110 valence electrons. The second kappa shape index (κ2) is 6.18. The Kier molecular flexibility index (Phi) is 4.10. The molecule has 1 N–H and O–H groups in total. The van der Waals surface area contributed by atoms with Gasteiger partial charge in [-0.05, 0) is 37.6 Å². The highest BCUT2D eigenvalue weighted by Gasteiger charge is 2.13. The molecule has 0 unspecified atom stereocenters. The molecule has 0 amide bonds. The minimum absolute atomic E-state index is 0.202. The van der Waals surface area contributed by atoms with Gasteiger partial charge in [-0.3, -0.25) is 0 Å². The van der Waals surface area contributed by atoms with E-state index in [0.717, 1.165) is 49.8 Å². The number of aryl methyl sites for hydroxylation is 1. The molecule has 1 saturated heterocycles. The van der Waals surface area contributed by atoms with Crippen LogP contribution in [0, 0.1) is 12.7 Å². The molecule has 0 radical (unpaired) electrons. The summed E-state index contributed by atoms with van der Waals surface area (Å²) in [6.45, 7) is 5.56. The van der Waals surface area contributed by atoms with Crippen molar-refractivity contribution in [3.05, 3.63) is 41.8 Å². The first-order chi connectivity index (χ1) is 10.2. The summed E-state index contributed by atoms with van der Waals surface area (Å²) < 4.78 is 13.7. The molecule has 0 aliphatic carbocycles. The van der Waals surface area contributed by atoms with Crippen LogP contribution in [0.3, 0.4) is 0 Å². The van der Waals surface area contributed by atoms with Gasteiger partial charge in [0, 0.05) is 31.4 Å². The molecule has 0 spiro atoms. The van der Waals surface area contributed by atoms with Gasteiger partial charge in [-0.1, -0.05) is 12.1 Å². The van der Waals surface area contributed by atoms with E-state index in [0.29, 0.717) is 5.56 Å². The predicted octanol–water partition coefficient (Wildman–Crippen LogP) is 2.39. The zero-order valence-electron chi connectivity index (χ0n) is 12.1. The molecular weight excluding hydrogens is 267 g/mol. The topological polar surface area (TPSA) is 41.1 Å². The predicted molar refractivity (Wildman–Crippen MR) is 81.9 cm³/mol. The number of aromatic nitrogens is 2. The van der Waals surface area contributed by atoms with E-state index in [4.69, 9.17) is 0 Å². The van der Waals surface area contributed by atoms with Crippen molar-refractivity contribution in [1.82, 2.24) is 15.3 Å². The van der Waals surface area contributed by atoms with Crippen LogP contribution in [-0.4, -0.2) is 36.1 Å². The lowest BCUT2D eigenvalue weighted by Crippen LogP contribution is -2.29. The van der Waals surface area contributed by atoms with E-state index in [-0.39, 0.29) is 5.82 Å². The highest BCUT2D eigenvalue weighted by molar-refractivity contribution is 5.60. The minimum Gasteiger partial charge on any atom is -0.339 e. The van der Waals surface area contributed by atoms with E-state index >= 15 is 0 Å². The standard InChI is InChI=1S/C16H19FN4/c1-12-3-4-13(11-14(12)17)15-5-7-19-16(20-15)21-9-2-6-18-8-10-21/h3-5,7,11,18H,2,6,8-10H2,1H3. The van der Waals surface area contributed by atoms with Gasteiger partial charge >= 0.3 is 0 Å². The summed E-state index contributed by atoms with van der Waals surface area (Å²) in [4.78, 5) is 11.1. The van der Waals surface area contributed by atoms with Gasteiger partial charge < -0.3 is 10.2 Å². The third-order valence-corrected chi connectivity index (χ3v) is 3.73. The molecule has 0 saturated carbocycles. The SMILES string of the molecule is Cc1ccc(-c2ccnc(N3CCCNCC3)n2)cc1F. The lowest BCUT2D eigenvalue weighted by Gasteiger charge is -2.20. The van der Waals surface area contributed by atoms with Crippen LogP contribution in [0.4, 0.5) is 10.3 Å². The molecule has 4 nitrogen and oxygen atoms in total. The van der Waals surface area contributed by atoms with E-state index < -0.39 is 0 Å². The number of benzene rings is 1. The summed E-state index contributed by atoms with van der Waals surface area (Å²) in [5.74, 6) is 0.517. The quantitative estimate of drug-likeness (QED) is 0.920. The van der Waals surface area contributed by atoms with Crippen molar-refractivity contribution >= 4 is 5.95 Å². The maximum Gasteiger partial charge on any atom is 0.225 e. The Hall–Kier alpha value is -2.01. The number of hydrogen-bond donors (Lipinski definition) is 1. The average molecular weight is 286 g/mol. The summed E-state index contributed by atoms with van der Waals surface area (Å²) in [5.41, 5.74) is 2.19. The lowest BCUT2D eigenvalue weighted by molar-refractivity contribution is 0.619. The molecule has 2 heterocycles. The zero-order chi connectivity index (χ0) is 14.7. The van der Waals surface area contributed by atoms with Crippen molar-refractivity contribution in [2.75, 3.05) is 31.1 Å². The van der Waals surface area contributed by atoms with Gasteiger partial charge in [-0.25, -0.2) is 14.4 Å². The Labute approximate surface area is 124 Å². The average Bonchev–Trinajstić information content (AvgIpc) is 2.79. The van der Waals surface area contributed by atoms with E-state index in [1.54, 1.807) is 19.2 Å². The molecule has 1 aliphatic rings. The smallest absolute Gasteiger partial charge is 0.225 e. The Balaban J connectivity index is 1.89. The first-order valence-electron chi connectivity index (χ1n) is 7.29. The zero-order valence-corrected chi connectivity index (χ0v) is 12.1. The van der Waals surface area contributed by atoms with E-state index in [1.165, 1.54) is 6.07 Å². The molecule has 0 bridgehead atoms. The Morgan fingerprint density at radius 2 is 2.10 bits per heavy atom. The second-order valence-electron chi connectivity index (χ2n) is 5.30. The van der Waals surface area contributed by atoms with Gasteiger partial charge in [0.1, 0.15) is 5.82 Å². The van der Waals surface area contributed by atoms with Crippen LogP contribution < -0.4 is 10.2 Å². The van der Waals surface area contributed by atoms with Crippen LogP contribution in [-0.2, 0) is 0 Å². The molecule has 3 rings (SSSR count). The van der Waals surface area contributed by atoms with Crippen LogP contribution in [0.1, 0.15) is 12.0 Å². The van der Waals surface area contributed by atoms with Gasteiger partial charge in [0.05, 0.1) is 5.69 Å².